The van der Waals surface area contributed by atoms with Gasteiger partial charge in [0.15, 0.2) is 17.1 Å². The van der Waals surface area contributed by atoms with Gasteiger partial charge in [0.25, 0.3) is 11.1 Å². The summed E-state index contributed by atoms with van der Waals surface area (Å²) in [6.45, 7) is 1.50. The Morgan fingerprint density at radius 2 is 1.77 bits per heavy atom. The number of carbonyl (C=O) groups is 1. The minimum atomic E-state index is -0.122. The smallest absolute Gasteiger partial charge is 0.257 e. The van der Waals surface area contributed by atoms with Crippen LogP contribution in [0.4, 0.5) is 0 Å². The van der Waals surface area contributed by atoms with Gasteiger partial charge in [0.1, 0.15) is 18.7 Å². The second kappa shape index (κ2) is 8.73. The lowest BCUT2D eigenvalue weighted by molar-refractivity contribution is 0.0950. The molecule has 1 aliphatic heterocycles. The van der Waals surface area contributed by atoms with Crippen molar-refractivity contribution in [3.8, 4) is 11.5 Å². The van der Waals surface area contributed by atoms with Crippen LogP contribution in [-0.4, -0.2) is 24.1 Å². The zero-order chi connectivity index (χ0) is 21.0. The normalized spacial score (nSPS) is 12.6. The van der Waals surface area contributed by atoms with E-state index < -0.39 is 0 Å². The lowest BCUT2D eigenvalue weighted by Gasteiger charge is -2.19. The largest absolute Gasteiger partial charge is 0.486 e. The molecule has 1 N–H and O–H groups in total. The van der Waals surface area contributed by atoms with Crippen molar-refractivity contribution >= 4 is 28.8 Å². The molecule has 7 heteroatoms. The van der Waals surface area contributed by atoms with E-state index in [1.54, 1.807) is 0 Å². The van der Waals surface area contributed by atoms with E-state index in [1.165, 1.54) is 11.8 Å². The number of para-hydroxylation sites is 2. The van der Waals surface area contributed by atoms with Crippen molar-refractivity contribution in [2.45, 2.75) is 17.5 Å². The molecule has 156 valence electrons. The maximum atomic E-state index is 12.9. The molecule has 0 unspecified atom stereocenters. The fourth-order valence-corrected chi connectivity index (χ4v) is 4.24. The monoisotopic (exact) mass is 432 g/mol. The number of hydrogen-bond acceptors (Lipinski definition) is 6. The minimum Gasteiger partial charge on any atom is -0.486 e. The van der Waals surface area contributed by atoms with Crippen molar-refractivity contribution in [3.05, 3.63) is 83.4 Å². The standard InChI is InChI=1S/C24H20N2O4S/c27-23(25-14-16-9-10-21-22(13-16)29-12-11-28-21)18-6-2-1-5-17(18)15-31-24-26-19-7-3-4-8-20(19)30-24/h1-10,13H,11-12,14-15H2,(H,25,27). The zero-order valence-corrected chi connectivity index (χ0v) is 17.5. The highest BCUT2D eigenvalue weighted by atomic mass is 32.2. The van der Waals surface area contributed by atoms with Crippen molar-refractivity contribution in [3.63, 3.8) is 0 Å². The molecule has 3 aromatic carbocycles. The summed E-state index contributed by atoms with van der Waals surface area (Å²) in [5, 5.41) is 3.59. The number of aromatic nitrogens is 1. The van der Waals surface area contributed by atoms with Crippen LogP contribution in [0.3, 0.4) is 0 Å². The molecule has 0 saturated carbocycles. The summed E-state index contributed by atoms with van der Waals surface area (Å²) in [6, 6.07) is 21.0. The number of nitrogens with zero attached hydrogens (tertiary/aromatic N) is 1. The van der Waals surface area contributed by atoms with Gasteiger partial charge in [-0.25, -0.2) is 4.98 Å². The third kappa shape index (κ3) is 4.36. The van der Waals surface area contributed by atoms with Crippen LogP contribution < -0.4 is 14.8 Å². The number of amides is 1. The lowest BCUT2D eigenvalue weighted by atomic mass is 10.1. The third-order valence-electron chi connectivity index (χ3n) is 4.95. The van der Waals surface area contributed by atoms with Crippen LogP contribution in [0.15, 0.2) is 76.4 Å². The second-order valence-corrected chi connectivity index (χ2v) is 7.98. The van der Waals surface area contributed by atoms with E-state index in [9.17, 15) is 4.79 Å². The molecule has 1 aromatic heterocycles. The number of oxazole rings is 1. The number of thioether (sulfide) groups is 1. The molecular weight excluding hydrogens is 412 g/mol. The SMILES string of the molecule is O=C(NCc1ccc2c(c1)OCCO2)c1ccccc1CSc1nc2ccccc2o1. The number of benzene rings is 3. The highest BCUT2D eigenvalue weighted by Crippen LogP contribution is 2.31. The van der Waals surface area contributed by atoms with Crippen LogP contribution in [0.1, 0.15) is 21.5 Å². The van der Waals surface area contributed by atoms with Gasteiger partial charge in [-0.2, -0.15) is 0 Å². The molecule has 0 aliphatic carbocycles. The van der Waals surface area contributed by atoms with Gasteiger partial charge in [-0.3, -0.25) is 4.79 Å². The Bertz CT molecular complexity index is 1200. The van der Waals surface area contributed by atoms with Crippen molar-refractivity contribution in [2.75, 3.05) is 13.2 Å². The van der Waals surface area contributed by atoms with Crippen molar-refractivity contribution in [2.24, 2.45) is 0 Å². The minimum absolute atomic E-state index is 0.122. The van der Waals surface area contributed by atoms with Crippen LogP contribution in [0.5, 0.6) is 11.5 Å². The first-order valence-electron chi connectivity index (χ1n) is 9.99. The van der Waals surface area contributed by atoms with E-state index in [4.69, 9.17) is 13.9 Å². The lowest BCUT2D eigenvalue weighted by Crippen LogP contribution is -2.24. The summed E-state index contributed by atoms with van der Waals surface area (Å²) in [5.74, 6) is 1.92. The Morgan fingerprint density at radius 3 is 2.68 bits per heavy atom. The Labute approximate surface area is 183 Å². The molecule has 5 rings (SSSR count). The Kier molecular flexibility index (Phi) is 5.50. The van der Waals surface area contributed by atoms with E-state index in [-0.39, 0.29) is 5.91 Å². The summed E-state index contributed by atoms with van der Waals surface area (Å²) >= 11 is 1.47. The molecule has 2 heterocycles. The van der Waals surface area contributed by atoms with Gasteiger partial charge in [0.2, 0.25) is 0 Å². The summed E-state index contributed by atoms with van der Waals surface area (Å²) in [6.07, 6.45) is 0. The van der Waals surface area contributed by atoms with E-state index in [2.05, 4.69) is 10.3 Å². The molecule has 0 bridgehead atoms. The topological polar surface area (TPSA) is 73.6 Å². The van der Waals surface area contributed by atoms with Gasteiger partial charge in [-0.15, -0.1) is 0 Å². The zero-order valence-electron chi connectivity index (χ0n) is 16.7. The Balaban J connectivity index is 1.25. The highest BCUT2D eigenvalue weighted by molar-refractivity contribution is 7.98. The molecule has 31 heavy (non-hydrogen) atoms. The second-order valence-electron chi connectivity index (χ2n) is 7.05. The van der Waals surface area contributed by atoms with Gasteiger partial charge in [-0.1, -0.05) is 48.2 Å². The molecular formula is C24H20N2O4S. The van der Waals surface area contributed by atoms with Gasteiger partial charge >= 0.3 is 0 Å². The first kappa shape index (κ1) is 19.5. The number of fused-ring (bicyclic) bond motifs is 2. The molecule has 0 radical (unpaired) electrons. The average Bonchev–Trinajstić information content (AvgIpc) is 3.24. The molecule has 6 nitrogen and oxygen atoms in total. The van der Waals surface area contributed by atoms with Gasteiger partial charge < -0.3 is 19.2 Å². The van der Waals surface area contributed by atoms with Crippen LogP contribution >= 0.6 is 11.8 Å². The molecule has 1 amide bonds. The summed E-state index contributed by atoms with van der Waals surface area (Å²) in [7, 11) is 0. The third-order valence-corrected chi connectivity index (χ3v) is 5.82. The van der Waals surface area contributed by atoms with Gasteiger partial charge in [0, 0.05) is 17.9 Å². The number of ether oxygens (including phenoxy) is 2. The summed E-state index contributed by atoms with van der Waals surface area (Å²) < 4.78 is 16.9. The van der Waals surface area contributed by atoms with Crippen molar-refractivity contribution < 1.29 is 18.7 Å². The first-order chi connectivity index (χ1) is 15.3. The maximum Gasteiger partial charge on any atom is 0.257 e. The molecule has 1 aliphatic rings. The van der Waals surface area contributed by atoms with Crippen molar-refractivity contribution in [1.82, 2.24) is 10.3 Å². The van der Waals surface area contributed by atoms with Crippen molar-refractivity contribution in [1.29, 1.82) is 0 Å². The van der Waals surface area contributed by atoms with Gasteiger partial charge in [-0.05, 0) is 41.5 Å². The maximum absolute atomic E-state index is 12.9. The average molecular weight is 433 g/mol. The number of carbonyl (C=O) groups excluding carboxylic acids is 1. The predicted octanol–water partition coefficient (Wildman–Crippen LogP) is 4.82. The fourth-order valence-electron chi connectivity index (χ4n) is 3.40. The molecule has 0 atom stereocenters. The quantitative estimate of drug-likeness (QED) is 0.440. The van der Waals surface area contributed by atoms with Gasteiger partial charge in [0.05, 0.1) is 0 Å². The summed E-state index contributed by atoms with van der Waals surface area (Å²) in [5.41, 5.74) is 4.11. The Hall–Kier alpha value is -3.45. The highest BCUT2D eigenvalue weighted by Gasteiger charge is 2.15. The van der Waals surface area contributed by atoms with Crippen LogP contribution in [-0.2, 0) is 12.3 Å². The van der Waals surface area contributed by atoms with E-state index in [1.807, 2.05) is 66.7 Å². The Morgan fingerprint density at radius 1 is 0.968 bits per heavy atom. The fraction of sp³-hybridized carbons (Fsp3) is 0.167. The molecule has 0 fully saturated rings. The van der Waals surface area contributed by atoms with E-state index >= 15 is 0 Å². The molecule has 0 spiro atoms. The van der Waals surface area contributed by atoms with Crippen LogP contribution in [0.2, 0.25) is 0 Å². The summed E-state index contributed by atoms with van der Waals surface area (Å²) in [4.78, 5) is 17.4. The first-order valence-corrected chi connectivity index (χ1v) is 11.0. The van der Waals surface area contributed by atoms with E-state index in [0.717, 1.165) is 28.0 Å². The van der Waals surface area contributed by atoms with Crippen LogP contribution in [0, 0.1) is 0 Å². The predicted molar refractivity (Wildman–Crippen MR) is 119 cm³/mol. The number of hydrogen-bond donors (Lipinski definition) is 1. The molecule has 0 saturated heterocycles. The molecule has 4 aromatic rings. The number of nitrogens with one attached hydrogen (secondary N) is 1. The van der Waals surface area contributed by atoms with E-state index in [0.29, 0.717) is 42.0 Å². The number of rotatable bonds is 6. The van der Waals surface area contributed by atoms with Crippen LogP contribution in [0.25, 0.3) is 11.1 Å².